The first-order chi connectivity index (χ1) is 6.38. The van der Waals surface area contributed by atoms with Crippen molar-refractivity contribution in [1.29, 1.82) is 10.5 Å². The summed E-state index contributed by atoms with van der Waals surface area (Å²) in [5, 5.41) is 17.0. The van der Waals surface area contributed by atoms with Crippen LogP contribution in [0.4, 0.5) is 0 Å². The van der Waals surface area contributed by atoms with Crippen LogP contribution in [0.25, 0.3) is 0 Å². The Morgan fingerprint density at radius 2 is 2.15 bits per heavy atom. The van der Waals surface area contributed by atoms with Crippen molar-refractivity contribution < 1.29 is 0 Å². The van der Waals surface area contributed by atoms with Gasteiger partial charge in [-0.3, -0.25) is 0 Å². The Balaban J connectivity index is 2.38. The van der Waals surface area contributed by atoms with Crippen molar-refractivity contribution in [2.75, 3.05) is 0 Å². The van der Waals surface area contributed by atoms with Crippen LogP contribution in [-0.4, -0.2) is 4.57 Å². The van der Waals surface area contributed by atoms with E-state index in [9.17, 15) is 0 Å². The number of unbranched alkanes of at least 4 members (excludes halogenated alkanes) is 2. The van der Waals surface area contributed by atoms with Crippen molar-refractivity contribution >= 4 is 0 Å². The molecular weight excluding hydrogens is 162 g/mol. The number of hydrogen-bond donors (Lipinski definition) is 0. The second kappa shape index (κ2) is 5.00. The molecule has 0 saturated carbocycles. The summed E-state index contributed by atoms with van der Waals surface area (Å²) >= 11 is 0. The van der Waals surface area contributed by atoms with E-state index in [-0.39, 0.29) is 0 Å². The SMILES string of the molecule is N#CCCCCn1cccc1C#N. The van der Waals surface area contributed by atoms with Gasteiger partial charge in [0.25, 0.3) is 0 Å². The lowest BCUT2D eigenvalue weighted by Crippen LogP contribution is -1.98. The molecular formula is C10H11N3. The molecule has 1 aromatic heterocycles. The number of aromatic nitrogens is 1. The van der Waals surface area contributed by atoms with Crippen LogP contribution in [0.5, 0.6) is 0 Å². The molecule has 0 amide bonds. The molecule has 1 heterocycles. The van der Waals surface area contributed by atoms with Crippen LogP contribution in [0.3, 0.4) is 0 Å². The van der Waals surface area contributed by atoms with Gasteiger partial charge in [0.05, 0.1) is 6.07 Å². The summed E-state index contributed by atoms with van der Waals surface area (Å²) in [5.74, 6) is 0. The lowest BCUT2D eigenvalue weighted by molar-refractivity contribution is 0.614. The van der Waals surface area contributed by atoms with Crippen LogP contribution in [0.1, 0.15) is 25.0 Å². The highest BCUT2D eigenvalue weighted by atomic mass is 15.0. The van der Waals surface area contributed by atoms with Crippen molar-refractivity contribution in [3.63, 3.8) is 0 Å². The number of nitrogens with zero attached hydrogens (tertiary/aromatic N) is 3. The molecule has 1 aromatic rings. The highest BCUT2D eigenvalue weighted by Crippen LogP contribution is 2.04. The Morgan fingerprint density at radius 1 is 1.31 bits per heavy atom. The van der Waals surface area contributed by atoms with Crippen LogP contribution >= 0.6 is 0 Å². The molecule has 0 radical (unpaired) electrons. The summed E-state index contributed by atoms with van der Waals surface area (Å²) in [6.45, 7) is 0.831. The van der Waals surface area contributed by atoms with Crippen molar-refractivity contribution in [2.45, 2.75) is 25.8 Å². The predicted molar refractivity (Wildman–Crippen MR) is 48.6 cm³/mol. The van der Waals surface area contributed by atoms with Crippen LogP contribution < -0.4 is 0 Å². The lowest BCUT2D eigenvalue weighted by Gasteiger charge is -2.01. The molecule has 0 aromatic carbocycles. The van der Waals surface area contributed by atoms with E-state index in [0.29, 0.717) is 12.1 Å². The molecule has 0 aliphatic rings. The zero-order valence-electron chi connectivity index (χ0n) is 7.40. The maximum Gasteiger partial charge on any atom is 0.120 e. The summed E-state index contributed by atoms with van der Waals surface area (Å²) in [7, 11) is 0. The third kappa shape index (κ3) is 2.65. The highest BCUT2D eigenvalue weighted by Gasteiger charge is 1.97. The Hall–Kier alpha value is -1.74. The first-order valence-corrected chi connectivity index (χ1v) is 4.30. The van der Waals surface area contributed by atoms with Crippen molar-refractivity contribution in [3.8, 4) is 12.1 Å². The monoisotopic (exact) mass is 173 g/mol. The minimum Gasteiger partial charge on any atom is -0.339 e. The molecule has 0 N–H and O–H groups in total. The van der Waals surface area contributed by atoms with Gasteiger partial charge in [-0.15, -0.1) is 0 Å². The summed E-state index contributed by atoms with van der Waals surface area (Å²) in [5.41, 5.74) is 0.692. The second-order valence-electron chi connectivity index (χ2n) is 2.81. The molecule has 0 aliphatic carbocycles. The molecule has 0 bridgehead atoms. The maximum atomic E-state index is 8.69. The molecule has 0 spiro atoms. The van der Waals surface area contributed by atoms with Crippen LogP contribution in [-0.2, 0) is 6.54 Å². The fourth-order valence-corrected chi connectivity index (χ4v) is 1.20. The second-order valence-corrected chi connectivity index (χ2v) is 2.81. The Kier molecular flexibility index (Phi) is 3.60. The van der Waals surface area contributed by atoms with Crippen LogP contribution in [0.2, 0.25) is 0 Å². The van der Waals surface area contributed by atoms with Crippen molar-refractivity contribution in [2.24, 2.45) is 0 Å². The van der Waals surface area contributed by atoms with Crippen molar-refractivity contribution in [3.05, 3.63) is 24.0 Å². The van der Waals surface area contributed by atoms with E-state index in [1.807, 2.05) is 16.8 Å². The largest absolute Gasteiger partial charge is 0.339 e. The number of aryl methyl sites for hydroxylation is 1. The van der Waals surface area contributed by atoms with Crippen LogP contribution in [0, 0.1) is 22.7 Å². The fraction of sp³-hybridized carbons (Fsp3) is 0.400. The topological polar surface area (TPSA) is 52.5 Å². The van der Waals surface area contributed by atoms with Gasteiger partial charge in [0.15, 0.2) is 0 Å². The molecule has 3 nitrogen and oxygen atoms in total. The van der Waals surface area contributed by atoms with Crippen molar-refractivity contribution in [1.82, 2.24) is 4.57 Å². The number of nitriles is 2. The smallest absolute Gasteiger partial charge is 0.120 e. The van der Waals surface area contributed by atoms with E-state index in [0.717, 1.165) is 19.4 Å². The molecule has 0 unspecified atom stereocenters. The Bertz CT molecular complexity index is 338. The van der Waals surface area contributed by atoms with E-state index in [1.165, 1.54) is 0 Å². The van der Waals surface area contributed by atoms with Gasteiger partial charge in [-0.05, 0) is 25.0 Å². The van der Waals surface area contributed by atoms with Gasteiger partial charge < -0.3 is 4.57 Å². The molecule has 13 heavy (non-hydrogen) atoms. The predicted octanol–water partition coefficient (Wildman–Crippen LogP) is 2.05. The standard InChI is InChI=1S/C10H11N3/c11-6-2-1-3-7-13-8-4-5-10(13)9-12/h4-5,8H,1-3,7H2. The highest BCUT2D eigenvalue weighted by molar-refractivity contribution is 5.21. The number of hydrogen-bond acceptors (Lipinski definition) is 2. The van der Waals surface area contributed by atoms with E-state index < -0.39 is 0 Å². The van der Waals surface area contributed by atoms with Crippen LogP contribution in [0.15, 0.2) is 18.3 Å². The van der Waals surface area contributed by atoms with E-state index in [2.05, 4.69) is 12.1 Å². The van der Waals surface area contributed by atoms with Gasteiger partial charge in [-0.2, -0.15) is 10.5 Å². The summed E-state index contributed by atoms with van der Waals surface area (Å²) < 4.78 is 1.91. The van der Waals surface area contributed by atoms with Gasteiger partial charge in [0.2, 0.25) is 0 Å². The zero-order chi connectivity index (χ0) is 9.52. The zero-order valence-corrected chi connectivity index (χ0v) is 7.40. The molecule has 0 atom stereocenters. The Labute approximate surface area is 77.8 Å². The van der Waals surface area contributed by atoms with Gasteiger partial charge in [-0.25, -0.2) is 0 Å². The lowest BCUT2D eigenvalue weighted by atomic mass is 10.2. The quantitative estimate of drug-likeness (QED) is 0.654. The van der Waals surface area contributed by atoms with Gasteiger partial charge in [-0.1, -0.05) is 0 Å². The third-order valence-electron chi connectivity index (χ3n) is 1.88. The Morgan fingerprint density at radius 3 is 2.85 bits per heavy atom. The van der Waals surface area contributed by atoms with E-state index >= 15 is 0 Å². The fourth-order valence-electron chi connectivity index (χ4n) is 1.20. The minimum atomic E-state index is 0.600. The summed E-state index contributed by atoms with van der Waals surface area (Å²) in [4.78, 5) is 0. The van der Waals surface area contributed by atoms with E-state index in [4.69, 9.17) is 10.5 Å². The van der Waals surface area contributed by atoms with Gasteiger partial charge in [0.1, 0.15) is 11.8 Å². The molecule has 3 heteroatoms. The molecule has 1 rings (SSSR count). The molecule has 0 aliphatic heterocycles. The van der Waals surface area contributed by atoms with E-state index in [1.54, 1.807) is 6.07 Å². The molecule has 66 valence electrons. The summed E-state index contributed by atoms with van der Waals surface area (Å²) in [6, 6.07) is 7.88. The minimum absolute atomic E-state index is 0.600. The van der Waals surface area contributed by atoms with Gasteiger partial charge in [0, 0.05) is 19.2 Å². The first-order valence-electron chi connectivity index (χ1n) is 4.30. The third-order valence-corrected chi connectivity index (χ3v) is 1.88. The summed E-state index contributed by atoms with van der Waals surface area (Å²) in [6.07, 6.45) is 4.35. The molecule has 0 saturated heterocycles. The average molecular weight is 173 g/mol. The maximum absolute atomic E-state index is 8.69. The number of rotatable bonds is 4. The average Bonchev–Trinajstić information content (AvgIpc) is 2.60. The normalized spacial score (nSPS) is 9.08. The first kappa shape index (κ1) is 9.35. The van der Waals surface area contributed by atoms with Gasteiger partial charge >= 0.3 is 0 Å². The molecule has 0 fully saturated rings.